The van der Waals surface area contributed by atoms with Crippen molar-refractivity contribution in [3.05, 3.63) is 64.7 Å². The number of nitrogens with two attached hydrogens (primary N) is 1. The summed E-state index contributed by atoms with van der Waals surface area (Å²) in [6, 6.07) is 11.4. The Bertz CT molecular complexity index is 813. The molecule has 0 aromatic heterocycles. The number of rotatable bonds is 5. The van der Waals surface area contributed by atoms with E-state index in [0.717, 1.165) is 11.1 Å². The predicted molar refractivity (Wildman–Crippen MR) is 94.4 cm³/mol. The van der Waals surface area contributed by atoms with Gasteiger partial charge in [-0.1, -0.05) is 12.1 Å². The standard InChI is InChI=1S/C19H20N2O4/c1-11-5-4-6-16(12(11)2)19(24)25-13(3)18(23)21-15-9-7-14(8-10-15)17(20)22/h4-10,13H,1-3H3,(H2,20,22)(H,21,23)/t13-/m1/s1. The molecule has 0 fully saturated rings. The van der Waals surface area contributed by atoms with Crippen molar-refractivity contribution in [3.8, 4) is 0 Å². The van der Waals surface area contributed by atoms with Crippen LogP contribution in [0.3, 0.4) is 0 Å². The van der Waals surface area contributed by atoms with Crippen LogP contribution in [0.2, 0.25) is 0 Å². The number of benzene rings is 2. The van der Waals surface area contributed by atoms with Crippen molar-refractivity contribution in [2.75, 3.05) is 5.32 Å². The second-order valence-corrected chi connectivity index (χ2v) is 5.73. The monoisotopic (exact) mass is 340 g/mol. The largest absolute Gasteiger partial charge is 0.449 e. The van der Waals surface area contributed by atoms with Crippen molar-refractivity contribution in [1.82, 2.24) is 0 Å². The number of hydrogen-bond donors (Lipinski definition) is 2. The van der Waals surface area contributed by atoms with E-state index in [2.05, 4.69) is 5.32 Å². The Morgan fingerprint density at radius 2 is 1.68 bits per heavy atom. The summed E-state index contributed by atoms with van der Waals surface area (Å²) < 4.78 is 5.24. The van der Waals surface area contributed by atoms with Gasteiger partial charge in [-0.05, 0) is 62.2 Å². The summed E-state index contributed by atoms with van der Waals surface area (Å²) in [5, 5.41) is 2.62. The molecule has 0 spiro atoms. The molecular formula is C19H20N2O4. The molecule has 0 radical (unpaired) electrons. The fourth-order valence-corrected chi connectivity index (χ4v) is 2.21. The molecule has 2 aromatic rings. The number of ether oxygens (including phenoxy) is 1. The molecule has 1 atom stereocenters. The van der Waals surface area contributed by atoms with Crippen LogP contribution in [-0.2, 0) is 9.53 Å². The normalized spacial score (nSPS) is 11.5. The van der Waals surface area contributed by atoms with E-state index in [1.807, 2.05) is 19.9 Å². The van der Waals surface area contributed by atoms with Crippen LogP contribution >= 0.6 is 0 Å². The number of esters is 1. The van der Waals surface area contributed by atoms with Crippen LogP contribution < -0.4 is 11.1 Å². The second-order valence-electron chi connectivity index (χ2n) is 5.73. The van der Waals surface area contributed by atoms with Crippen LogP contribution in [0, 0.1) is 13.8 Å². The first-order valence-electron chi connectivity index (χ1n) is 7.77. The lowest BCUT2D eigenvalue weighted by molar-refractivity contribution is -0.123. The van der Waals surface area contributed by atoms with Gasteiger partial charge in [0.1, 0.15) is 0 Å². The maximum absolute atomic E-state index is 12.3. The molecular weight excluding hydrogens is 320 g/mol. The van der Waals surface area contributed by atoms with Gasteiger partial charge in [0.25, 0.3) is 5.91 Å². The van der Waals surface area contributed by atoms with E-state index in [0.29, 0.717) is 16.8 Å². The summed E-state index contributed by atoms with van der Waals surface area (Å²) >= 11 is 0. The molecule has 2 aromatic carbocycles. The number of nitrogens with one attached hydrogen (secondary N) is 1. The van der Waals surface area contributed by atoms with E-state index in [9.17, 15) is 14.4 Å². The molecule has 0 unspecified atom stereocenters. The molecule has 6 nitrogen and oxygen atoms in total. The van der Waals surface area contributed by atoms with Crippen molar-refractivity contribution in [3.63, 3.8) is 0 Å². The van der Waals surface area contributed by atoms with E-state index >= 15 is 0 Å². The highest BCUT2D eigenvalue weighted by Gasteiger charge is 2.20. The quantitative estimate of drug-likeness (QED) is 0.817. The maximum Gasteiger partial charge on any atom is 0.339 e. The Balaban J connectivity index is 2.01. The molecule has 3 N–H and O–H groups in total. The lowest BCUT2D eigenvalue weighted by atomic mass is 10.0. The first-order valence-corrected chi connectivity index (χ1v) is 7.77. The number of anilines is 1. The summed E-state index contributed by atoms with van der Waals surface area (Å²) in [7, 11) is 0. The second kappa shape index (κ2) is 7.61. The van der Waals surface area contributed by atoms with Crippen LogP contribution in [-0.4, -0.2) is 23.9 Å². The lowest BCUT2D eigenvalue weighted by Crippen LogP contribution is -2.30. The van der Waals surface area contributed by atoms with Gasteiger partial charge < -0.3 is 15.8 Å². The minimum atomic E-state index is -0.969. The fourth-order valence-electron chi connectivity index (χ4n) is 2.21. The van der Waals surface area contributed by atoms with Crippen molar-refractivity contribution in [2.24, 2.45) is 5.73 Å². The van der Waals surface area contributed by atoms with E-state index in [4.69, 9.17) is 10.5 Å². The van der Waals surface area contributed by atoms with Crippen molar-refractivity contribution >= 4 is 23.5 Å². The fraction of sp³-hybridized carbons (Fsp3) is 0.211. The minimum absolute atomic E-state index is 0.340. The summed E-state index contributed by atoms with van der Waals surface area (Å²) in [5.74, 6) is -1.56. The summed E-state index contributed by atoms with van der Waals surface area (Å²) in [6.45, 7) is 5.23. The predicted octanol–water partition coefficient (Wildman–Crippen LogP) is 2.59. The van der Waals surface area contributed by atoms with Gasteiger partial charge in [0.05, 0.1) is 5.56 Å². The zero-order chi connectivity index (χ0) is 18.6. The van der Waals surface area contributed by atoms with Gasteiger partial charge in [-0.2, -0.15) is 0 Å². The topological polar surface area (TPSA) is 98.5 Å². The SMILES string of the molecule is Cc1cccc(C(=O)O[C@H](C)C(=O)Nc2ccc(C(N)=O)cc2)c1C. The zero-order valence-electron chi connectivity index (χ0n) is 14.3. The smallest absolute Gasteiger partial charge is 0.339 e. The number of aryl methyl sites for hydroxylation is 1. The molecule has 6 heteroatoms. The highest BCUT2D eigenvalue weighted by atomic mass is 16.5. The number of primary amides is 1. The van der Waals surface area contributed by atoms with Gasteiger partial charge >= 0.3 is 5.97 Å². The van der Waals surface area contributed by atoms with Crippen molar-refractivity contribution in [1.29, 1.82) is 0 Å². The Morgan fingerprint density at radius 1 is 1.04 bits per heavy atom. The zero-order valence-corrected chi connectivity index (χ0v) is 14.3. The molecule has 0 aliphatic carbocycles. The van der Waals surface area contributed by atoms with E-state index in [1.165, 1.54) is 19.1 Å². The highest BCUT2D eigenvalue weighted by Crippen LogP contribution is 2.15. The molecule has 0 heterocycles. The Hall–Kier alpha value is -3.15. The van der Waals surface area contributed by atoms with Crippen LogP contribution in [0.15, 0.2) is 42.5 Å². The Labute approximate surface area is 146 Å². The number of carbonyl (C=O) groups excluding carboxylic acids is 3. The van der Waals surface area contributed by atoms with Crippen LogP contribution in [0.4, 0.5) is 5.69 Å². The lowest BCUT2D eigenvalue weighted by Gasteiger charge is -2.15. The molecule has 25 heavy (non-hydrogen) atoms. The molecule has 2 amide bonds. The van der Waals surface area contributed by atoms with Crippen LogP contribution in [0.1, 0.15) is 38.8 Å². The van der Waals surface area contributed by atoms with Crippen LogP contribution in [0.25, 0.3) is 0 Å². The van der Waals surface area contributed by atoms with E-state index in [1.54, 1.807) is 24.3 Å². The third-order valence-electron chi connectivity index (χ3n) is 3.91. The van der Waals surface area contributed by atoms with Gasteiger partial charge in [-0.15, -0.1) is 0 Å². The summed E-state index contributed by atoms with van der Waals surface area (Å²) in [4.78, 5) is 35.4. The average Bonchev–Trinajstić information content (AvgIpc) is 2.57. The molecule has 0 saturated heterocycles. The van der Waals surface area contributed by atoms with Gasteiger partial charge in [0, 0.05) is 11.3 Å². The van der Waals surface area contributed by atoms with E-state index < -0.39 is 23.9 Å². The number of carbonyl (C=O) groups is 3. The highest BCUT2D eigenvalue weighted by molar-refractivity contribution is 5.98. The molecule has 130 valence electrons. The minimum Gasteiger partial charge on any atom is -0.449 e. The number of hydrogen-bond acceptors (Lipinski definition) is 4. The third kappa shape index (κ3) is 4.44. The number of amides is 2. The maximum atomic E-state index is 12.3. The average molecular weight is 340 g/mol. The van der Waals surface area contributed by atoms with Gasteiger partial charge in [-0.25, -0.2) is 4.79 Å². The Kier molecular flexibility index (Phi) is 5.54. The van der Waals surface area contributed by atoms with Crippen LogP contribution in [0.5, 0.6) is 0 Å². The first kappa shape index (κ1) is 18.2. The van der Waals surface area contributed by atoms with Gasteiger partial charge in [0.15, 0.2) is 6.10 Å². The van der Waals surface area contributed by atoms with E-state index in [-0.39, 0.29) is 0 Å². The molecule has 0 aliphatic heterocycles. The Morgan fingerprint density at radius 3 is 2.28 bits per heavy atom. The first-order chi connectivity index (χ1) is 11.8. The molecule has 0 bridgehead atoms. The third-order valence-corrected chi connectivity index (χ3v) is 3.91. The van der Waals surface area contributed by atoms with Crippen molar-refractivity contribution in [2.45, 2.75) is 26.9 Å². The van der Waals surface area contributed by atoms with Gasteiger partial charge in [0.2, 0.25) is 5.91 Å². The molecule has 0 saturated carbocycles. The summed E-state index contributed by atoms with van der Waals surface area (Å²) in [5.41, 5.74) is 8.21. The van der Waals surface area contributed by atoms with Crippen molar-refractivity contribution < 1.29 is 19.1 Å². The summed E-state index contributed by atoms with van der Waals surface area (Å²) in [6.07, 6.45) is -0.969. The van der Waals surface area contributed by atoms with Gasteiger partial charge in [-0.3, -0.25) is 9.59 Å². The molecule has 0 aliphatic rings. The molecule has 2 rings (SSSR count).